The lowest BCUT2D eigenvalue weighted by Gasteiger charge is -2.17. The number of amides is 1. The smallest absolute Gasteiger partial charge is 0.337 e. The van der Waals surface area contributed by atoms with E-state index in [2.05, 4.69) is 11.9 Å². The fourth-order valence-corrected chi connectivity index (χ4v) is 2.13. The van der Waals surface area contributed by atoms with Gasteiger partial charge in [-0.05, 0) is 29.7 Å². The summed E-state index contributed by atoms with van der Waals surface area (Å²) < 4.78 is 37.4. The number of carbonyl (C=O) groups is 1. The van der Waals surface area contributed by atoms with E-state index in [9.17, 15) is 18.0 Å². The number of nitrogens with zero attached hydrogens (tertiary/aromatic N) is 2. The van der Waals surface area contributed by atoms with Crippen LogP contribution in [0, 0.1) is 0 Å². The summed E-state index contributed by atoms with van der Waals surface area (Å²) >= 11 is 0. The molecular formula is C17H17F3N2O. The minimum Gasteiger partial charge on any atom is -0.337 e. The van der Waals surface area contributed by atoms with Gasteiger partial charge in [-0.1, -0.05) is 31.2 Å². The van der Waals surface area contributed by atoms with Crippen molar-refractivity contribution in [2.24, 2.45) is 0 Å². The van der Waals surface area contributed by atoms with E-state index in [-0.39, 0.29) is 11.5 Å². The molecule has 0 fully saturated rings. The fourth-order valence-electron chi connectivity index (χ4n) is 2.13. The van der Waals surface area contributed by atoms with E-state index in [4.69, 9.17) is 0 Å². The standard InChI is InChI=1S/C17H17F3N2O/c1-3-12-4-6-13(7-5-12)11-22(2)16(23)14-8-9-15(21-10-14)17(18,19)20/h4-10H,3,11H2,1-2H3. The Balaban J connectivity index is 2.06. The Morgan fingerprint density at radius 3 is 2.17 bits per heavy atom. The molecular weight excluding hydrogens is 305 g/mol. The molecule has 0 atom stereocenters. The molecule has 0 saturated heterocycles. The van der Waals surface area contributed by atoms with Crippen LogP contribution in [-0.4, -0.2) is 22.8 Å². The van der Waals surface area contributed by atoms with Gasteiger partial charge in [0.1, 0.15) is 5.69 Å². The molecule has 1 amide bonds. The first-order chi connectivity index (χ1) is 10.8. The Hall–Kier alpha value is -2.37. The maximum atomic E-state index is 12.5. The SMILES string of the molecule is CCc1ccc(CN(C)C(=O)c2ccc(C(F)(F)F)nc2)cc1. The zero-order chi connectivity index (χ0) is 17.0. The molecule has 2 rings (SSSR count). The molecule has 3 nitrogen and oxygen atoms in total. The monoisotopic (exact) mass is 322 g/mol. The first-order valence-corrected chi connectivity index (χ1v) is 7.17. The van der Waals surface area contributed by atoms with Gasteiger partial charge in [0.05, 0.1) is 5.56 Å². The molecule has 0 bridgehead atoms. The summed E-state index contributed by atoms with van der Waals surface area (Å²) in [4.78, 5) is 17.0. The molecule has 0 aliphatic heterocycles. The summed E-state index contributed by atoms with van der Waals surface area (Å²) in [5.41, 5.74) is 1.28. The Morgan fingerprint density at radius 1 is 1.09 bits per heavy atom. The van der Waals surface area contributed by atoms with Crippen LogP contribution in [0.15, 0.2) is 42.6 Å². The van der Waals surface area contributed by atoms with Crippen LogP contribution in [0.1, 0.15) is 34.1 Å². The molecule has 1 aromatic carbocycles. The maximum absolute atomic E-state index is 12.5. The van der Waals surface area contributed by atoms with Crippen molar-refractivity contribution in [1.82, 2.24) is 9.88 Å². The Bertz CT molecular complexity index is 664. The van der Waals surface area contributed by atoms with E-state index in [0.29, 0.717) is 6.54 Å². The summed E-state index contributed by atoms with van der Waals surface area (Å²) in [6, 6.07) is 9.83. The van der Waals surface area contributed by atoms with Crippen LogP contribution in [-0.2, 0) is 19.1 Å². The van der Waals surface area contributed by atoms with E-state index in [1.807, 2.05) is 24.3 Å². The van der Waals surface area contributed by atoms with Crippen LogP contribution in [0.2, 0.25) is 0 Å². The third kappa shape index (κ3) is 4.31. The van der Waals surface area contributed by atoms with Crippen molar-refractivity contribution in [3.63, 3.8) is 0 Å². The van der Waals surface area contributed by atoms with Crippen molar-refractivity contribution < 1.29 is 18.0 Å². The van der Waals surface area contributed by atoms with Crippen LogP contribution in [0.4, 0.5) is 13.2 Å². The topological polar surface area (TPSA) is 33.2 Å². The molecule has 0 aliphatic carbocycles. The van der Waals surface area contributed by atoms with Gasteiger partial charge in [-0.25, -0.2) is 0 Å². The molecule has 0 radical (unpaired) electrons. The molecule has 1 heterocycles. The number of carbonyl (C=O) groups excluding carboxylic acids is 1. The number of aryl methyl sites for hydroxylation is 1. The second kappa shape index (κ2) is 6.81. The van der Waals surface area contributed by atoms with Gasteiger partial charge in [-0.2, -0.15) is 13.2 Å². The lowest BCUT2D eigenvalue weighted by molar-refractivity contribution is -0.141. The summed E-state index contributed by atoms with van der Waals surface area (Å²) in [6.45, 7) is 2.44. The van der Waals surface area contributed by atoms with Crippen molar-refractivity contribution in [2.45, 2.75) is 26.1 Å². The highest BCUT2D eigenvalue weighted by atomic mass is 19.4. The second-order valence-electron chi connectivity index (χ2n) is 5.26. The van der Waals surface area contributed by atoms with Gasteiger partial charge in [0.2, 0.25) is 0 Å². The number of aromatic nitrogens is 1. The average molecular weight is 322 g/mol. The van der Waals surface area contributed by atoms with Crippen LogP contribution >= 0.6 is 0 Å². The number of pyridine rings is 1. The fraction of sp³-hybridized carbons (Fsp3) is 0.294. The van der Waals surface area contributed by atoms with Crippen LogP contribution in [0.25, 0.3) is 0 Å². The van der Waals surface area contributed by atoms with E-state index < -0.39 is 11.9 Å². The van der Waals surface area contributed by atoms with E-state index in [1.54, 1.807) is 7.05 Å². The number of hydrogen-bond acceptors (Lipinski definition) is 2. The van der Waals surface area contributed by atoms with Crippen molar-refractivity contribution in [1.29, 1.82) is 0 Å². The lowest BCUT2D eigenvalue weighted by atomic mass is 10.1. The van der Waals surface area contributed by atoms with Crippen LogP contribution < -0.4 is 0 Å². The third-order valence-corrected chi connectivity index (χ3v) is 3.50. The molecule has 0 saturated carbocycles. The molecule has 2 aromatic rings. The highest BCUT2D eigenvalue weighted by Crippen LogP contribution is 2.27. The van der Waals surface area contributed by atoms with Gasteiger partial charge in [-0.15, -0.1) is 0 Å². The number of alkyl halides is 3. The third-order valence-electron chi connectivity index (χ3n) is 3.50. The Morgan fingerprint density at radius 2 is 1.70 bits per heavy atom. The summed E-state index contributed by atoms with van der Waals surface area (Å²) in [7, 11) is 1.60. The minimum absolute atomic E-state index is 0.130. The van der Waals surface area contributed by atoms with Crippen molar-refractivity contribution in [2.75, 3.05) is 7.05 Å². The highest BCUT2D eigenvalue weighted by Gasteiger charge is 2.32. The normalized spacial score (nSPS) is 11.3. The van der Waals surface area contributed by atoms with E-state index >= 15 is 0 Å². The Labute approximate surface area is 132 Å². The molecule has 0 spiro atoms. The number of hydrogen-bond donors (Lipinski definition) is 0. The second-order valence-corrected chi connectivity index (χ2v) is 5.26. The first kappa shape index (κ1) is 17.0. The predicted octanol–water partition coefficient (Wildman–Crippen LogP) is 3.94. The summed E-state index contributed by atoms with van der Waals surface area (Å²) in [5, 5.41) is 0. The molecule has 122 valence electrons. The predicted molar refractivity (Wildman–Crippen MR) is 80.9 cm³/mol. The summed E-state index contributed by atoms with van der Waals surface area (Å²) in [6.07, 6.45) is -2.61. The molecule has 1 aromatic heterocycles. The van der Waals surface area contributed by atoms with Gasteiger partial charge >= 0.3 is 6.18 Å². The summed E-state index contributed by atoms with van der Waals surface area (Å²) in [5.74, 6) is -0.370. The van der Waals surface area contributed by atoms with Gasteiger partial charge in [0.25, 0.3) is 5.91 Å². The molecule has 0 N–H and O–H groups in total. The van der Waals surface area contributed by atoms with Gasteiger partial charge < -0.3 is 4.90 Å². The lowest BCUT2D eigenvalue weighted by Crippen LogP contribution is -2.26. The molecule has 23 heavy (non-hydrogen) atoms. The van der Waals surface area contributed by atoms with Crippen LogP contribution in [0.5, 0.6) is 0 Å². The van der Waals surface area contributed by atoms with Crippen molar-refractivity contribution in [3.05, 3.63) is 65.0 Å². The minimum atomic E-state index is -4.51. The number of rotatable bonds is 4. The van der Waals surface area contributed by atoms with E-state index in [1.165, 1.54) is 10.5 Å². The van der Waals surface area contributed by atoms with Crippen LogP contribution in [0.3, 0.4) is 0 Å². The van der Waals surface area contributed by atoms with Gasteiger partial charge in [-0.3, -0.25) is 9.78 Å². The maximum Gasteiger partial charge on any atom is 0.433 e. The largest absolute Gasteiger partial charge is 0.433 e. The average Bonchev–Trinajstić information content (AvgIpc) is 2.54. The Kier molecular flexibility index (Phi) is 5.03. The molecule has 0 unspecified atom stereocenters. The number of benzene rings is 1. The quantitative estimate of drug-likeness (QED) is 0.854. The molecule has 6 heteroatoms. The van der Waals surface area contributed by atoms with Crippen molar-refractivity contribution >= 4 is 5.91 Å². The van der Waals surface area contributed by atoms with Gasteiger partial charge in [0.15, 0.2) is 0 Å². The van der Waals surface area contributed by atoms with Crippen molar-refractivity contribution in [3.8, 4) is 0 Å². The molecule has 0 aliphatic rings. The zero-order valence-corrected chi connectivity index (χ0v) is 12.9. The van der Waals surface area contributed by atoms with E-state index in [0.717, 1.165) is 30.3 Å². The highest BCUT2D eigenvalue weighted by molar-refractivity contribution is 5.93. The first-order valence-electron chi connectivity index (χ1n) is 7.17. The number of halogens is 3. The van der Waals surface area contributed by atoms with Gasteiger partial charge in [0, 0.05) is 19.8 Å². The zero-order valence-electron chi connectivity index (χ0n) is 12.9.